The Morgan fingerprint density at radius 1 is 1.10 bits per heavy atom. The minimum atomic E-state index is -0.532. The van der Waals surface area contributed by atoms with E-state index < -0.39 is 5.91 Å². The highest BCUT2D eigenvalue weighted by Crippen LogP contribution is 2.25. The van der Waals surface area contributed by atoms with Crippen LogP contribution in [0.5, 0.6) is 0 Å². The van der Waals surface area contributed by atoms with E-state index in [1.807, 2.05) is 36.9 Å². The van der Waals surface area contributed by atoms with Crippen LogP contribution in [-0.4, -0.2) is 72.6 Å². The van der Waals surface area contributed by atoms with Crippen molar-refractivity contribution in [2.45, 2.75) is 26.7 Å². The molecule has 164 valence electrons. The summed E-state index contributed by atoms with van der Waals surface area (Å²) in [7, 11) is 0. The monoisotopic (exact) mass is 414 g/mol. The molecule has 2 N–H and O–H groups in total. The Labute approximate surface area is 179 Å². The number of rotatable bonds is 6. The van der Waals surface area contributed by atoms with Crippen molar-refractivity contribution in [3.63, 3.8) is 0 Å². The number of hydroxylamine groups is 1. The summed E-state index contributed by atoms with van der Waals surface area (Å²) in [5.74, 6) is 0.507. The van der Waals surface area contributed by atoms with Crippen molar-refractivity contribution in [1.29, 1.82) is 0 Å². The largest absolute Gasteiger partial charge is 0.368 e. The summed E-state index contributed by atoms with van der Waals surface area (Å²) in [6, 6.07) is 8.02. The molecular weight excluding hydrogens is 380 g/mol. The molecule has 2 aliphatic heterocycles. The summed E-state index contributed by atoms with van der Waals surface area (Å²) in [6.45, 7) is 10.8. The van der Waals surface area contributed by atoms with E-state index in [2.05, 4.69) is 15.9 Å². The molecule has 0 aliphatic carbocycles. The zero-order valence-electron chi connectivity index (χ0n) is 18.1. The van der Waals surface area contributed by atoms with Gasteiger partial charge in [0, 0.05) is 63.5 Å². The average molecular weight is 415 g/mol. The molecule has 0 bridgehead atoms. The number of para-hydroxylation sites is 1. The maximum absolute atomic E-state index is 12.2. The molecular formula is C23H34N4O3. The molecule has 2 heterocycles. The molecule has 1 aromatic rings. The molecule has 2 aliphatic rings. The van der Waals surface area contributed by atoms with E-state index in [-0.39, 0.29) is 11.8 Å². The third kappa shape index (κ3) is 5.83. The highest BCUT2D eigenvalue weighted by molar-refractivity contribution is 5.91. The zero-order chi connectivity index (χ0) is 21.5. The average Bonchev–Trinajstić information content (AvgIpc) is 2.78. The number of carbonyl (C=O) groups excluding carboxylic acids is 2. The van der Waals surface area contributed by atoms with E-state index in [1.54, 1.807) is 11.6 Å². The number of anilines is 1. The normalized spacial score (nSPS) is 18.9. The van der Waals surface area contributed by atoms with Crippen molar-refractivity contribution in [2.24, 2.45) is 11.8 Å². The molecule has 0 atom stereocenters. The van der Waals surface area contributed by atoms with Gasteiger partial charge in [-0.15, -0.1) is 0 Å². The van der Waals surface area contributed by atoms with Gasteiger partial charge in [0.25, 0.3) is 5.91 Å². The number of amides is 2. The van der Waals surface area contributed by atoms with E-state index in [1.165, 1.54) is 6.08 Å². The van der Waals surface area contributed by atoms with Crippen LogP contribution in [0, 0.1) is 11.8 Å². The maximum atomic E-state index is 12.2. The van der Waals surface area contributed by atoms with E-state index in [0.29, 0.717) is 5.92 Å². The van der Waals surface area contributed by atoms with Crippen LogP contribution in [0.1, 0.15) is 32.3 Å². The summed E-state index contributed by atoms with van der Waals surface area (Å²) in [5.41, 5.74) is 3.71. The molecule has 7 heteroatoms. The Morgan fingerprint density at radius 3 is 2.40 bits per heavy atom. The Bertz CT molecular complexity index is 749. The predicted octanol–water partition coefficient (Wildman–Crippen LogP) is 2.22. The molecule has 7 nitrogen and oxygen atoms in total. The second-order valence-electron chi connectivity index (χ2n) is 8.58. The quantitative estimate of drug-likeness (QED) is 0.424. The summed E-state index contributed by atoms with van der Waals surface area (Å²) < 4.78 is 0. The van der Waals surface area contributed by atoms with Gasteiger partial charge in [-0.25, -0.2) is 5.48 Å². The lowest BCUT2D eigenvalue weighted by molar-refractivity contribution is -0.136. The zero-order valence-corrected chi connectivity index (χ0v) is 18.1. The van der Waals surface area contributed by atoms with Crippen molar-refractivity contribution in [3.8, 4) is 0 Å². The van der Waals surface area contributed by atoms with Crippen molar-refractivity contribution in [3.05, 3.63) is 35.9 Å². The van der Waals surface area contributed by atoms with Crippen molar-refractivity contribution < 1.29 is 14.8 Å². The lowest BCUT2D eigenvalue weighted by Gasteiger charge is -2.40. The van der Waals surface area contributed by atoms with Crippen molar-refractivity contribution in [1.82, 2.24) is 15.3 Å². The lowest BCUT2D eigenvalue weighted by atomic mass is 9.95. The Morgan fingerprint density at radius 2 is 1.77 bits per heavy atom. The van der Waals surface area contributed by atoms with Crippen LogP contribution >= 0.6 is 0 Å². The van der Waals surface area contributed by atoms with Gasteiger partial charge in [0.15, 0.2) is 0 Å². The van der Waals surface area contributed by atoms with Crippen LogP contribution in [0.25, 0.3) is 6.08 Å². The van der Waals surface area contributed by atoms with Crippen LogP contribution in [0.15, 0.2) is 30.3 Å². The first-order chi connectivity index (χ1) is 14.5. The van der Waals surface area contributed by atoms with Gasteiger partial charge >= 0.3 is 0 Å². The van der Waals surface area contributed by atoms with Crippen LogP contribution in [-0.2, 0) is 9.59 Å². The van der Waals surface area contributed by atoms with Crippen molar-refractivity contribution >= 4 is 23.6 Å². The number of hydrogen-bond donors (Lipinski definition) is 2. The first kappa shape index (κ1) is 22.3. The van der Waals surface area contributed by atoms with E-state index in [0.717, 1.165) is 69.9 Å². The summed E-state index contributed by atoms with van der Waals surface area (Å²) in [5, 5.41) is 8.67. The number of carbonyl (C=O) groups is 2. The second kappa shape index (κ2) is 10.6. The predicted molar refractivity (Wildman–Crippen MR) is 118 cm³/mol. The van der Waals surface area contributed by atoms with Crippen molar-refractivity contribution in [2.75, 3.05) is 50.7 Å². The number of piperidine rings is 1. The van der Waals surface area contributed by atoms with Gasteiger partial charge in [-0.3, -0.25) is 19.7 Å². The van der Waals surface area contributed by atoms with Gasteiger partial charge in [-0.2, -0.15) is 0 Å². The smallest absolute Gasteiger partial charge is 0.267 e. The third-order valence-electron chi connectivity index (χ3n) is 6.11. The highest BCUT2D eigenvalue weighted by atomic mass is 16.5. The molecule has 0 saturated carbocycles. The second-order valence-corrected chi connectivity index (χ2v) is 8.58. The van der Waals surface area contributed by atoms with Gasteiger partial charge in [-0.05, 0) is 36.5 Å². The number of nitrogens with one attached hydrogen (secondary N) is 1. The number of nitrogens with zero attached hydrogens (tertiary/aromatic N) is 3. The fourth-order valence-corrected chi connectivity index (χ4v) is 4.36. The highest BCUT2D eigenvalue weighted by Gasteiger charge is 2.27. The van der Waals surface area contributed by atoms with E-state index >= 15 is 0 Å². The SMILES string of the molecule is CC(C)C(=O)N1CCC(CN2CCN(c3ccccc3C=CC(=O)NO)CC2)CC1. The first-order valence-corrected chi connectivity index (χ1v) is 10.9. The van der Waals surface area contributed by atoms with E-state index in [4.69, 9.17) is 5.21 Å². The Balaban J connectivity index is 1.49. The Hall–Kier alpha value is -2.38. The van der Waals surface area contributed by atoms with Gasteiger partial charge in [0.1, 0.15) is 0 Å². The first-order valence-electron chi connectivity index (χ1n) is 10.9. The molecule has 0 aromatic heterocycles. The van der Waals surface area contributed by atoms with Crippen LogP contribution in [0.3, 0.4) is 0 Å². The van der Waals surface area contributed by atoms with E-state index in [9.17, 15) is 9.59 Å². The van der Waals surface area contributed by atoms with Gasteiger partial charge in [-0.1, -0.05) is 32.0 Å². The minimum absolute atomic E-state index is 0.0883. The Kier molecular flexibility index (Phi) is 7.87. The molecule has 0 radical (unpaired) electrons. The number of benzene rings is 1. The summed E-state index contributed by atoms with van der Waals surface area (Å²) in [6.07, 6.45) is 5.27. The molecule has 3 rings (SSSR count). The minimum Gasteiger partial charge on any atom is -0.368 e. The molecule has 2 saturated heterocycles. The topological polar surface area (TPSA) is 76.1 Å². The van der Waals surface area contributed by atoms with Gasteiger partial charge in [0.05, 0.1) is 0 Å². The third-order valence-corrected chi connectivity index (χ3v) is 6.11. The summed E-state index contributed by atoms with van der Waals surface area (Å²) >= 11 is 0. The summed E-state index contributed by atoms with van der Waals surface area (Å²) in [4.78, 5) is 30.4. The number of hydrogen-bond acceptors (Lipinski definition) is 5. The lowest BCUT2D eigenvalue weighted by Crippen LogP contribution is -2.49. The molecule has 30 heavy (non-hydrogen) atoms. The fraction of sp³-hybridized carbons (Fsp3) is 0.565. The number of likely N-dealkylation sites (tertiary alicyclic amines) is 1. The van der Waals surface area contributed by atoms with Crippen LogP contribution in [0.2, 0.25) is 0 Å². The molecule has 1 aromatic carbocycles. The molecule has 2 fully saturated rings. The molecule has 0 spiro atoms. The number of piperazine rings is 1. The van der Waals surface area contributed by atoms with Gasteiger partial charge < -0.3 is 9.80 Å². The van der Waals surface area contributed by atoms with Crippen LogP contribution < -0.4 is 10.4 Å². The molecule has 2 amide bonds. The standard InChI is InChI=1S/C23H34N4O3/c1-18(2)23(29)27-11-9-19(10-12-27)17-25-13-15-26(16-14-25)21-6-4-3-5-20(21)7-8-22(28)24-30/h3-8,18-19,30H,9-17H2,1-2H3,(H,24,28). The molecule has 0 unspecified atom stereocenters. The fourth-order valence-electron chi connectivity index (χ4n) is 4.36. The maximum Gasteiger partial charge on any atom is 0.267 e. The van der Waals surface area contributed by atoms with Crippen LogP contribution in [0.4, 0.5) is 5.69 Å². The van der Waals surface area contributed by atoms with Gasteiger partial charge in [0.2, 0.25) is 5.91 Å².